The maximum absolute atomic E-state index is 10.8. The Labute approximate surface area is 87.6 Å². The molecule has 0 aliphatic carbocycles. The maximum Gasteiger partial charge on any atom is 0.231 e. The molecule has 0 aliphatic rings. The number of rotatable bonds is 8. The molecule has 0 atom stereocenters. The van der Waals surface area contributed by atoms with Crippen molar-refractivity contribution < 1.29 is 4.79 Å². The average molecular weight is 200 g/mol. The second kappa shape index (κ2) is 7.80. The lowest BCUT2D eigenvalue weighted by Gasteiger charge is -2.24. The molecule has 0 aromatic carbocycles. The molecule has 0 saturated carbocycles. The molecule has 3 nitrogen and oxygen atoms in total. The lowest BCUT2D eigenvalue weighted by Crippen LogP contribution is -2.39. The zero-order valence-electron chi connectivity index (χ0n) is 9.75. The van der Waals surface area contributed by atoms with Gasteiger partial charge in [-0.3, -0.25) is 9.69 Å². The summed E-state index contributed by atoms with van der Waals surface area (Å²) in [5.41, 5.74) is 5.18. The van der Waals surface area contributed by atoms with Crippen LogP contribution in [-0.2, 0) is 4.79 Å². The summed E-state index contributed by atoms with van der Waals surface area (Å²) in [5, 5.41) is 0. The number of carbonyl (C=O) groups excluding carboxylic acids is 1. The molecule has 0 bridgehead atoms. The van der Waals surface area contributed by atoms with Gasteiger partial charge in [-0.05, 0) is 26.8 Å². The number of primary amides is 1. The molecule has 0 aromatic heterocycles. The molecule has 0 aromatic rings. The molecule has 0 fully saturated rings. The predicted octanol–water partition coefficient (Wildman–Crippen LogP) is 1.76. The fourth-order valence-electron chi connectivity index (χ4n) is 1.46. The zero-order chi connectivity index (χ0) is 11.0. The molecule has 84 valence electrons. The van der Waals surface area contributed by atoms with E-state index in [-0.39, 0.29) is 5.91 Å². The lowest BCUT2D eigenvalue weighted by molar-refractivity contribution is -0.119. The number of amides is 1. The first kappa shape index (κ1) is 13.4. The minimum atomic E-state index is -0.228. The van der Waals surface area contributed by atoms with E-state index in [9.17, 15) is 4.79 Å². The highest BCUT2D eigenvalue weighted by molar-refractivity contribution is 5.75. The van der Waals surface area contributed by atoms with Crippen molar-refractivity contribution in [3.8, 4) is 0 Å². The van der Waals surface area contributed by atoms with E-state index in [1.807, 2.05) is 0 Å². The van der Waals surface area contributed by atoms with E-state index in [0.29, 0.717) is 12.6 Å². The molecule has 0 unspecified atom stereocenters. The van der Waals surface area contributed by atoms with E-state index in [2.05, 4.69) is 25.7 Å². The number of nitrogens with zero attached hydrogens (tertiary/aromatic N) is 1. The Hall–Kier alpha value is -0.570. The van der Waals surface area contributed by atoms with Crippen LogP contribution in [0.1, 0.15) is 46.5 Å². The monoisotopic (exact) mass is 200 g/mol. The SMILES string of the molecule is CCCCCCN(CC(N)=O)C(C)C. The molecular formula is C11H24N2O. The summed E-state index contributed by atoms with van der Waals surface area (Å²) < 4.78 is 0. The summed E-state index contributed by atoms with van der Waals surface area (Å²) in [7, 11) is 0. The Kier molecular flexibility index (Phi) is 7.48. The number of nitrogens with two attached hydrogens (primary N) is 1. The third-order valence-corrected chi connectivity index (χ3v) is 2.39. The smallest absolute Gasteiger partial charge is 0.231 e. The summed E-state index contributed by atoms with van der Waals surface area (Å²) in [5.74, 6) is -0.228. The first-order valence-corrected chi connectivity index (χ1v) is 5.60. The minimum absolute atomic E-state index is 0.228. The second-order valence-corrected chi connectivity index (χ2v) is 4.09. The molecule has 0 spiro atoms. The third kappa shape index (κ3) is 6.89. The van der Waals surface area contributed by atoms with Crippen molar-refractivity contribution in [2.45, 2.75) is 52.5 Å². The van der Waals surface area contributed by atoms with Crippen molar-refractivity contribution in [3.63, 3.8) is 0 Å². The van der Waals surface area contributed by atoms with E-state index in [4.69, 9.17) is 5.73 Å². The molecule has 2 N–H and O–H groups in total. The van der Waals surface area contributed by atoms with Gasteiger partial charge < -0.3 is 5.73 Å². The fourth-order valence-corrected chi connectivity index (χ4v) is 1.46. The van der Waals surface area contributed by atoms with Crippen molar-refractivity contribution in [2.24, 2.45) is 5.73 Å². The van der Waals surface area contributed by atoms with E-state index in [1.54, 1.807) is 0 Å². The van der Waals surface area contributed by atoms with Gasteiger partial charge in [0.15, 0.2) is 0 Å². The Bertz CT molecular complexity index is 157. The van der Waals surface area contributed by atoms with Crippen LogP contribution in [0.15, 0.2) is 0 Å². The van der Waals surface area contributed by atoms with Gasteiger partial charge in [-0.15, -0.1) is 0 Å². The van der Waals surface area contributed by atoms with Gasteiger partial charge in [0, 0.05) is 6.04 Å². The van der Waals surface area contributed by atoms with Gasteiger partial charge in [0.2, 0.25) is 5.91 Å². The van der Waals surface area contributed by atoms with Gasteiger partial charge in [0.1, 0.15) is 0 Å². The number of hydrogen-bond donors (Lipinski definition) is 1. The van der Waals surface area contributed by atoms with Crippen molar-refractivity contribution in [1.82, 2.24) is 4.90 Å². The van der Waals surface area contributed by atoms with Gasteiger partial charge in [0.05, 0.1) is 6.54 Å². The standard InChI is InChI=1S/C11H24N2O/c1-4-5-6-7-8-13(10(2)3)9-11(12)14/h10H,4-9H2,1-3H3,(H2,12,14). The van der Waals surface area contributed by atoms with E-state index in [0.717, 1.165) is 6.54 Å². The predicted molar refractivity (Wildman–Crippen MR) is 60.0 cm³/mol. The van der Waals surface area contributed by atoms with Gasteiger partial charge in [-0.1, -0.05) is 26.2 Å². The van der Waals surface area contributed by atoms with Crippen LogP contribution in [0.2, 0.25) is 0 Å². The van der Waals surface area contributed by atoms with Crippen molar-refractivity contribution >= 4 is 5.91 Å². The molecule has 0 heterocycles. The van der Waals surface area contributed by atoms with Crippen LogP contribution >= 0.6 is 0 Å². The summed E-state index contributed by atoms with van der Waals surface area (Å²) in [4.78, 5) is 12.9. The summed E-state index contributed by atoms with van der Waals surface area (Å²) in [6.45, 7) is 7.78. The lowest BCUT2D eigenvalue weighted by atomic mass is 10.2. The Morgan fingerprint density at radius 2 is 1.93 bits per heavy atom. The molecule has 0 rings (SSSR count). The van der Waals surface area contributed by atoms with E-state index in [1.165, 1.54) is 25.7 Å². The Morgan fingerprint density at radius 1 is 1.29 bits per heavy atom. The van der Waals surface area contributed by atoms with Crippen LogP contribution in [0.25, 0.3) is 0 Å². The molecule has 0 saturated heterocycles. The zero-order valence-corrected chi connectivity index (χ0v) is 9.75. The highest BCUT2D eigenvalue weighted by Gasteiger charge is 2.10. The normalized spacial score (nSPS) is 11.2. The molecule has 3 heteroatoms. The fraction of sp³-hybridized carbons (Fsp3) is 0.909. The van der Waals surface area contributed by atoms with Crippen molar-refractivity contribution in [1.29, 1.82) is 0 Å². The van der Waals surface area contributed by atoms with Crippen molar-refractivity contribution in [2.75, 3.05) is 13.1 Å². The minimum Gasteiger partial charge on any atom is -0.369 e. The van der Waals surface area contributed by atoms with Crippen LogP contribution in [0, 0.1) is 0 Å². The topological polar surface area (TPSA) is 46.3 Å². The quantitative estimate of drug-likeness (QED) is 0.607. The summed E-state index contributed by atoms with van der Waals surface area (Å²) >= 11 is 0. The Morgan fingerprint density at radius 3 is 2.36 bits per heavy atom. The van der Waals surface area contributed by atoms with Crippen molar-refractivity contribution in [3.05, 3.63) is 0 Å². The summed E-state index contributed by atoms with van der Waals surface area (Å²) in [6, 6.07) is 0.407. The molecule has 1 amide bonds. The van der Waals surface area contributed by atoms with E-state index < -0.39 is 0 Å². The first-order valence-electron chi connectivity index (χ1n) is 5.60. The first-order chi connectivity index (χ1) is 6.57. The maximum atomic E-state index is 10.8. The van der Waals surface area contributed by atoms with Crippen LogP contribution in [-0.4, -0.2) is 29.9 Å². The van der Waals surface area contributed by atoms with Gasteiger partial charge in [0.25, 0.3) is 0 Å². The molecule has 0 aliphatic heterocycles. The second-order valence-electron chi connectivity index (χ2n) is 4.09. The average Bonchev–Trinajstić information content (AvgIpc) is 2.09. The summed E-state index contributed by atoms with van der Waals surface area (Å²) in [6.07, 6.45) is 4.94. The van der Waals surface area contributed by atoms with Crippen LogP contribution < -0.4 is 5.73 Å². The number of unbranched alkanes of at least 4 members (excludes halogenated alkanes) is 3. The highest BCUT2D eigenvalue weighted by Crippen LogP contribution is 2.04. The third-order valence-electron chi connectivity index (χ3n) is 2.39. The van der Waals surface area contributed by atoms with Crippen LogP contribution in [0.3, 0.4) is 0 Å². The highest BCUT2D eigenvalue weighted by atomic mass is 16.1. The van der Waals surface area contributed by atoms with Crippen LogP contribution in [0.4, 0.5) is 0 Å². The molecule has 0 radical (unpaired) electrons. The Balaban J connectivity index is 3.68. The molecular weight excluding hydrogens is 176 g/mol. The number of hydrogen-bond acceptors (Lipinski definition) is 2. The molecule has 14 heavy (non-hydrogen) atoms. The van der Waals surface area contributed by atoms with E-state index >= 15 is 0 Å². The van der Waals surface area contributed by atoms with Gasteiger partial charge in [-0.2, -0.15) is 0 Å². The largest absolute Gasteiger partial charge is 0.369 e. The van der Waals surface area contributed by atoms with Gasteiger partial charge in [-0.25, -0.2) is 0 Å². The number of carbonyl (C=O) groups is 1. The van der Waals surface area contributed by atoms with Gasteiger partial charge >= 0.3 is 0 Å². The van der Waals surface area contributed by atoms with Crippen LogP contribution in [0.5, 0.6) is 0 Å².